The zero-order chi connectivity index (χ0) is 12.0. The fourth-order valence-corrected chi connectivity index (χ4v) is 4.51. The number of rotatable bonds is 4. The highest BCUT2D eigenvalue weighted by molar-refractivity contribution is 8.00. The molecule has 0 aliphatic carbocycles. The van der Waals surface area contributed by atoms with Crippen molar-refractivity contribution in [2.45, 2.75) is 23.0 Å². The Morgan fingerprint density at radius 3 is 2.94 bits per heavy atom. The van der Waals surface area contributed by atoms with Crippen LogP contribution in [-0.2, 0) is 18.6 Å². The van der Waals surface area contributed by atoms with Crippen LogP contribution in [0.5, 0.6) is 0 Å². The van der Waals surface area contributed by atoms with Crippen LogP contribution < -0.4 is 4.89 Å². The minimum atomic E-state index is -3.80. The average Bonchev–Trinajstić information content (AvgIpc) is 2.54. The van der Waals surface area contributed by atoms with E-state index in [4.69, 9.17) is 21.8 Å². The van der Waals surface area contributed by atoms with E-state index in [-0.39, 0.29) is 11.9 Å². The molecule has 0 spiro atoms. The molecule has 2 rings (SSSR count). The Bertz CT molecular complexity index is 324. The molecule has 2 radical (unpaired) electrons. The molecule has 0 aromatic carbocycles. The van der Waals surface area contributed by atoms with E-state index < -0.39 is 25.3 Å². The summed E-state index contributed by atoms with van der Waals surface area (Å²) >= 11 is 1.57. The van der Waals surface area contributed by atoms with Crippen LogP contribution in [-0.4, -0.2) is 56.9 Å². The Hall–Kier alpha value is 0.485. The van der Waals surface area contributed by atoms with Gasteiger partial charge in [0.05, 0.1) is 11.9 Å². The molecule has 8 heteroatoms. The Labute approximate surface area is 100 Å². The zero-order valence-electron chi connectivity index (χ0n) is 9.12. The van der Waals surface area contributed by atoms with Crippen molar-refractivity contribution in [3.05, 3.63) is 0 Å². The van der Waals surface area contributed by atoms with E-state index in [0.29, 0.717) is 5.75 Å². The fourth-order valence-electron chi connectivity index (χ4n) is 2.18. The van der Waals surface area contributed by atoms with Crippen molar-refractivity contribution in [3.8, 4) is 0 Å². The largest absolute Gasteiger partial charge is 0.779 e. The quantitative estimate of drug-likeness (QED) is 0.507. The van der Waals surface area contributed by atoms with Gasteiger partial charge in [-0.05, 0) is 0 Å². The molecule has 0 N–H and O–H groups in total. The van der Waals surface area contributed by atoms with Gasteiger partial charge < -0.3 is 23.5 Å². The molecule has 5 nitrogen and oxygen atoms in total. The summed E-state index contributed by atoms with van der Waals surface area (Å²) < 4.78 is 27.0. The first-order chi connectivity index (χ1) is 7.38. The summed E-state index contributed by atoms with van der Waals surface area (Å²) in [7, 11) is 3.52. The Balaban J connectivity index is 2.19. The molecule has 90 valence electrons. The van der Waals surface area contributed by atoms with Crippen LogP contribution in [0.2, 0.25) is 0 Å². The maximum atomic E-state index is 11.2. The SMILES string of the molecule is [B][C@@H]1O[C@@]2(COC)CSC1[C@H]2OP(C)(=O)[O-]. The molecule has 2 aliphatic rings. The summed E-state index contributed by atoms with van der Waals surface area (Å²) in [6.45, 7) is 1.34. The normalized spacial score (nSPS) is 45.8. The van der Waals surface area contributed by atoms with E-state index in [9.17, 15) is 9.46 Å². The van der Waals surface area contributed by atoms with E-state index >= 15 is 0 Å². The number of hydrogen-bond acceptors (Lipinski definition) is 6. The number of methoxy groups -OCH3 is 1. The molecular formula is C8H13BO5PS-. The molecule has 0 aromatic heterocycles. The lowest BCUT2D eigenvalue weighted by atomic mass is 9.93. The predicted molar refractivity (Wildman–Crippen MR) is 59.9 cm³/mol. The van der Waals surface area contributed by atoms with E-state index in [0.717, 1.165) is 6.66 Å². The van der Waals surface area contributed by atoms with Crippen LogP contribution in [0.1, 0.15) is 0 Å². The number of ether oxygens (including phenoxy) is 2. The Morgan fingerprint density at radius 2 is 2.44 bits per heavy atom. The standard InChI is InChI=1S/C8H14BO5PS/c1-12-3-8-4-16-5(7(9)13-8)6(8)14-15(2,10)11/h5-7H,3-4H2,1-2H3,(H,10,11)/p-1/t5?,6-,7-,8+/m1/s1. The average molecular weight is 263 g/mol. The second-order valence-electron chi connectivity index (χ2n) is 4.15. The van der Waals surface area contributed by atoms with Gasteiger partial charge in [0, 0.05) is 25.5 Å². The molecule has 2 bridgehead atoms. The minimum absolute atomic E-state index is 0.141. The molecule has 2 saturated heterocycles. The molecule has 2 unspecified atom stereocenters. The molecule has 2 heterocycles. The van der Waals surface area contributed by atoms with Crippen LogP contribution in [0, 0.1) is 0 Å². The molecular weight excluding hydrogens is 250 g/mol. The molecule has 16 heavy (non-hydrogen) atoms. The van der Waals surface area contributed by atoms with Gasteiger partial charge in [-0.15, -0.1) is 0 Å². The van der Waals surface area contributed by atoms with Crippen LogP contribution in [0.15, 0.2) is 0 Å². The van der Waals surface area contributed by atoms with E-state index in [2.05, 4.69) is 0 Å². The van der Waals surface area contributed by atoms with Gasteiger partial charge in [-0.1, -0.05) is 0 Å². The third-order valence-corrected chi connectivity index (χ3v) is 4.89. The first-order valence-electron chi connectivity index (χ1n) is 4.89. The maximum absolute atomic E-state index is 11.2. The predicted octanol–water partition coefficient (Wildman–Crippen LogP) is -0.420. The van der Waals surface area contributed by atoms with Gasteiger partial charge in [-0.25, -0.2) is 0 Å². The Kier molecular flexibility index (Phi) is 3.48. The summed E-state index contributed by atoms with van der Waals surface area (Å²) in [6, 6.07) is -0.495. The smallest absolute Gasteiger partial charge is 0.132 e. The van der Waals surface area contributed by atoms with Gasteiger partial charge in [0.25, 0.3) is 0 Å². The van der Waals surface area contributed by atoms with Crippen molar-refractivity contribution >= 4 is 27.2 Å². The van der Waals surface area contributed by atoms with Crippen LogP contribution in [0.4, 0.5) is 0 Å². The van der Waals surface area contributed by atoms with E-state index in [1.165, 1.54) is 0 Å². The summed E-state index contributed by atoms with van der Waals surface area (Å²) in [5, 5.41) is -0.141. The molecule has 0 amide bonds. The third-order valence-electron chi connectivity index (χ3n) is 2.73. The minimum Gasteiger partial charge on any atom is -0.779 e. The van der Waals surface area contributed by atoms with Gasteiger partial charge in [0.2, 0.25) is 0 Å². The highest BCUT2D eigenvalue weighted by atomic mass is 32.2. The van der Waals surface area contributed by atoms with E-state index in [1.54, 1.807) is 18.9 Å². The summed E-state index contributed by atoms with van der Waals surface area (Å²) in [5.74, 6) is 0.643. The highest BCUT2D eigenvalue weighted by Gasteiger charge is 2.60. The molecule has 2 aliphatic heterocycles. The van der Waals surface area contributed by atoms with Gasteiger partial charge in [-0.2, -0.15) is 11.8 Å². The van der Waals surface area contributed by atoms with Crippen molar-refractivity contribution in [2.24, 2.45) is 0 Å². The monoisotopic (exact) mass is 263 g/mol. The highest BCUT2D eigenvalue weighted by Crippen LogP contribution is 2.52. The molecule has 2 fully saturated rings. The fraction of sp³-hybridized carbons (Fsp3) is 1.00. The van der Waals surface area contributed by atoms with Gasteiger partial charge >= 0.3 is 0 Å². The first kappa shape index (κ1) is 12.9. The first-order valence-corrected chi connectivity index (χ1v) is 7.93. The Morgan fingerprint density at radius 1 is 1.75 bits per heavy atom. The maximum Gasteiger partial charge on any atom is 0.132 e. The van der Waals surface area contributed by atoms with Crippen molar-refractivity contribution in [3.63, 3.8) is 0 Å². The van der Waals surface area contributed by atoms with Crippen molar-refractivity contribution in [2.75, 3.05) is 26.1 Å². The lowest BCUT2D eigenvalue weighted by Gasteiger charge is -2.32. The van der Waals surface area contributed by atoms with E-state index in [1.807, 2.05) is 0 Å². The summed E-state index contributed by atoms with van der Waals surface area (Å²) in [5.41, 5.74) is -0.723. The van der Waals surface area contributed by atoms with Crippen LogP contribution >= 0.6 is 19.4 Å². The van der Waals surface area contributed by atoms with Gasteiger partial charge in [-0.3, -0.25) is 0 Å². The second kappa shape index (κ2) is 4.30. The topological polar surface area (TPSA) is 67.8 Å². The van der Waals surface area contributed by atoms with Crippen molar-refractivity contribution < 1.29 is 23.5 Å². The van der Waals surface area contributed by atoms with Crippen LogP contribution in [0.3, 0.4) is 0 Å². The molecule has 0 saturated carbocycles. The molecule has 0 aromatic rings. The zero-order valence-corrected chi connectivity index (χ0v) is 10.8. The van der Waals surface area contributed by atoms with Gasteiger partial charge in [0.1, 0.15) is 27.1 Å². The lowest BCUT2D eigenvalue weighted by Crippen LogP contribution is -2.45. The second-order valence-corrected chi connectivity index (χ2v) is 7.07. The van der Waals surface area contributed by atoms with Gasteiger partial charge in [0.15, 0.2) is 0 Å². The molecule has 5 atom stereocenters. The lowest BCUT2D eigenvalue weighted by molar-refractivity contribution is -0.205. The van der Waals surface area contributed by atoms with Crippen LogP contribution in [0.25, 0.3) is 0 Å². The number of thioether (sulfide) groups is 1. The van der Waals surface area contributed by atoms with Crippen molar-refractivity contribution in [1.82, 2.24) is 0 Å². The van der Waals surface area contributed by atoms with Crippen molar-refractivity contribution in [1.29, 1.82) is 0 Å². The number of hydrogen-bond donors (Lipinski definition) is 0. The number of fused-ring (bicyclic) bond motifs is 2. The summed E-state index contributed by atoms with van der Waals surface area (Å²) in [6.07, 6.45) is -0.541. The summed E-state index contributed by atoms with van der Waals surface area (Å²) in [4.78, 5) is 11.2. The third kappa shape index (κ3) is 2.21.